The molecule has 0 saturated heterocycles. The van der Waals surface area contributed by atoms with Gasteiger partial charge >= 0.3 is 6.03 Å². The number of urea groups is 1. The molecule has 4 nitrogen and oxygen atoms in total. The highest BCUT2D eigenvalue weighted by Crippen LogP contribution is 2.28. The summed E-state index contributed by atoms with van der Waals surface area (Å²) in [5.41, 5.74) is 0. The van der Waals surface area contributed by atoms with Crippen LogP contribution in [0.25, 0.3) is 0 Å². The van der Waals surface area contributed by atoms with Gasteiger partial charge in [-0.2, -0.15) is 0 Å². The SMILES string of the molecule is CC1CCC(NC(=O)NC2CCCCC2O)C(C)C1. The quantitative estimate of drug-likeness (QED) is 0.720. The summed E-state index contributed by atoms with van der Waals surface area (Å²) in [7, 11) is 0. The third-order valence-corrected chi connectivity index (χ3v) is 4.79. The van der Waals surface area contributed by atoms with Gasteiger partial charge in [-0.3, -0.25) is 0 Å². The van der Waals surface area contributed by atoms with Gasteiger partial charge in [0.1, 0.15) is 0 Å². The number of amides is 2. The van der Waals surface area contributed by atoms with Gasteiger partial charge in [-0.15, -0.1) is 0 Å². The minimum absolute atomic E-state index is 0.0634. The third-order valence-electron chi connectivity index (χ3n) is 4.79. The predicted octanol–water partition coefficient (Wildman–Crippen LogP) is 2.41. The van der Waals surface area contributed by atoms with Crippen LogP contribution in [-0.4, -0.2) is 29.3 Å². The number of carbonyl (C=O) groups excluding carboxylic acids is 1. The van der Waals surface area contributed by atoms with Crippen LogP contribution in [0.4, 0.5) is 4.79 Å². The lowest BCUT2D eigenvalue weighted by Crippen LogP contribution is -2.53. The number of carbonyl (C=O) groups is 1. The first-order valence-electron chi connectivity index (χ1n) is 7.81. The Balaban J connectivity index is 1.77. The highest BCUT2D eigenvalue weighted by Gasteiger charge is 2.28. The minimum Gasteiger partial charge on any atom is -0.391 e. The predicted molar refractivity (Wildman–Crippen MR) is 75.9 cm³/mol. The Morgan fingerprint density at radius 2 is 1.68 bits per heavy atom. The minimum atomic E-state index is -0.372. The van der Waals surface area contributed by atoms with Crippen molar-refractivity contribution in [2.24, 2.45) is 11.8 Å². The molecule has 0 radical (unpaired) electrons. The zero-order valence-corrected chi connectivity index (χ0v) is 12.2. The van der Waals surface area contributed by atoms with E-state index >= 15 is 0 Å². The number of hydrogen-bond acceptors (Lipinski definition) is 2. The van der Waals surface area contributed by atoms with Gasteiger partial charge in [-0.1, -0.05) is 26.7 Å². The van der Waals surface area contributed by atoms with E-state index in [4.69, 9.17) is 0 Å². The summed E-state index contributed by atoms with van der Waals surface area (Å²) in [5.74, 6) is 1.32. The molecule has 0 heterocycles. The lowest BCUT2D eigenvalue weighted by molar-refractivity contribution is 0.0933. The fourth-order valence-electron chi connectivity index (χ4n) is 3.54. The summed E-state index contributed by atoms with van der Waals surface area (Å²) in [6.45, 7) is 4.50. The standard InChI is InChI=1S/C15H28N2O2/c1-10-7-8-12(11(2)9-10)16-15(19)17-13-5-3-4-6-14(13)18/h10-14,18H,3-9H2,1-2H3,(H2,16,17,19). The van der Waals surface area contributed by atoms with E-state index in [-0.39, 0.29) is 24.2 Å². The molecule has 2 aliphatic carbocycles. The van der Waals surface area contributed by atoms with Gasteiger partial charge in [0.25, 0.3) is 0 Å². The van der Waals surface area contributed by atoms with Crippen molar-refractivity contribution in [3.05, 3.63) is 0 Å². The molecule has 5 unspecified atom stereocenters. The highest BCUT2D eigenvalue weighted by atomic mass is 16.3. The summed E-state index contributed by atoms with van der Waals surface area (Å²) in [6.07, 6.45) is 6.95. The third kappa shape index (κ3) is 4.10. The first-order valence-corrected chi connectivity index (χ1v) is 7.81. The van der Waals surface area contributed by atoms with E-state index in [2.05, 4.69) is 24.5 Å². The molecule has 2 fully saturated rings. The van der Waals surface area contributed by atoms with E-state index in [1.807, 2.05) is 0 Å². The Kier molecular flexibility index (Phi) is 5.08. The topological polar surface area (TPSA) is 61.4 Å². The van der Waals surface area contributed by atoms with Crippen molar-refractivity contribution in [2.45, 2.75) is 77.0 Å². The molecule has 110 valence electrons. The molecule has 0 spiro atoms. The van der Waals surface area contributed by atoms with Crippen LogP contribution < -0.4 is 10.6 Å². The van der Waals surface area contributed by atoms with E-state index in [1.54, 1.807) is 0 Å². The van der Waals surface area contributed by atoms with E-state index in [0.29, 0.717) is 5.92 Å². The van der Waals surface area contributed by atoms with Gasteiger partial charge in [0.2, 0.25) is 0 Å². The molecular weight excluding hydrogens is 240 g/mol. The van der Waals surface area contributed by atoms with Gasteiger partial charge in [0, 0.05) is 6.04 Å². The van der Waals surface area contributed by atoms with Gasteiger partial charge in [-0.05, 0) is 43.9 Å². The maximum absolute atomic E-state index is 12.0. The summed E-state index contributed by atoms with van der Waals surface area (Å²) in [6, 6.07) is 0.126. The lowest BCUT2D eigenvalue weighted by atomic mass is 9.80. The Bertz CT molecular complexity index is 309. The van der Waals surface area contributed by atoms with Gasteiger partial charge in [0.05, 0.1) is 12.1 Å². The molecule has 0 aromatic heterocycles. The number of nitrogens with one attached hydrogen (secondary N) is 2. The number of aliphatic hydroxyl groups excluding tert-OH is 1. The van der Waals surface area contributed by atoms with Crippen LogP contribution in [0.1, 0.15) is 58.8 Å². The van der Waals surface area contributed by atoms with Crippen LogP contribution in [0.5, 0.6) is 0 Å². The van der Waals surface area contributed by atoms with Crippen LogP contribution in [0, 0.1) is 11.8 Å². The molecule has 2 aliphatic rings. The van der Waals surface area contributed by atoms with E-state index < -0.39 is 0 Å². The average Bonchev–Trinajstić information content (AvgIpc) is 2.36. The van der Waals surface area contributed by atoms with E-state index in [9.17, 15) is 9.90 Å². The number of rotatable bonds is 2. The lowest BCUT2D eigenvalue weighted by Gasteiger charge is -2.34. The van der Waals surface area contributed by atoms with Crippen molar-refractivity contribution in [3.8, 4) is 0 Å². The highest BCUT2D eigenvalue weighted by molar-refractivity contribution is 5.74. The molecule has 0 aromatic carbocycles. The molecule has 2 rings (SSSR count). The van der Waals surface area contributed by atoms with Crippen molar-refractivity contribution in [1.82, 2.24) is 10.6 Å². The van der Waals surface area contributed by atoms with Crippen LogP contribution in [-0.2, 0) is 0 Å². The Labute approximate surface area is 116 Å². The molecule has 3 N–H and O–H groups in total. The molecular formula is C15H28N2O2. The molecule has 0 bridgehead atoms. The van der Waals surface area contributed by atoms with Crippen LogP contribution in [0.15, 0.2) is 0 Å². The zero-order valence-electron chi connectivity index (χ0n) is 12.2. The van der Waals surface area contributed by atoms with Crippen LogP contribution >= 0.6 is 0 Å². The first-order chi connectivity index (χ1) is 9.06. The Morgan fingerprint density at radius 3 is 2.37 bits per heavy atom. The monoisotopic (exact) mass is 268 g/mol. The summed E-state index contributed by atoms with van der Waals surface area (Å²) in [4.78, 5) is 12.0. The van der Waals surface area contributed by atoms with Crippen molar-refractivity contribution in [1.29, 1.82) is 0 Å². The van der Waals surface area contributed by atoms with Crippen LogP contribution in [0.3, 0.4) is 0 Å². The second kappa shape index (κ2) is 6.60. The molecule has 0 aliphatic heterocycles. The number of aliphatic hydroxyl groups is 1. The summed E-state index contributed by atoms with van der Waals surface area (Å²) >= 11 is 0. The second-order valence-corrected chi connectivity index (χ2v) is 6.58. The van der Waals surface area contributed by atoms with Crippen molar-refractivity contribution in [2.75, 3.05) is 0 Å². The van der Waals surface area contributed by atoms with Gasteiger partial charge in [-0.25, -0.2) is 4.79 Å². The van der Waals surface area contributed by atoms with Crippen molar-refractivity contribution < 1.29 is 9.90 Å². The van der Waals surface area contributed by atoms with Crippen molar-refractivity contribution in [3.63, 3.8) is 0 Å². The molecule has 2 saturated carbocycles. The largest absolute Gasteiger partial charge is 0.391 e. The van der Waals surface area contributed by atoms with Crippen molar-refractivity contribution >= 4 is 6.03 Å². The molecule has 2 amide bonds. The fourth-order valence-corrected chi connectivity index (χ4v) is 3.54. The summed E-state index contributed by atoms with van der Waals surface area (Å²) in [5, 5.41) is 15.9. The number of hydrogen-bond donors (Lipinski definition) is 3. The zero-order chi connectivity index (χ0) is 13.8. The first kappa shape index (κ1) is 14.6. The molecule has 0 aromatic rings. The van der Waals surface area contributed by atoms with Gasteiger partial charge < -0.3 is 15.7 Å². The maximum atomic E-state index is 12.0. The molecule has 19 heavy (non-hydrogen) atoms. The van der Waals surface area contributed by atoms with E-state index in [1.165, 1.54) is 12.8 Å². The van der Waals surface area contributed by atoms with E-state index in [0.717, 1.165) is 38.0 Å². The Hall–Kier alpha value is -0.770. The second-order valence-electron chi connectivity index (χ2n) is 6.58. The molecule has 4 heteroatoms. The smallest absolute Gasteiger partial charge is 0.315 e. The van der Waals surface area contributed by atoms with Gasteiger partial charge in [0.15, 0.2) is 0 Å². The fraction of sp³-hybridized carbons (Fsp3) is 0.933. The van der Waals surface area contributed by atoms with Crippen LogP contribution in [0.2, 0.25) is 0 Å². The summed E-state index contributed by atoms with van der Waals surface area (Å²) < 4.78 is 0. The normalized spacial score (nSPS) is 39.6. The maximum Gasteiger partial charge on any atom is 0.315 e. The Morgan fingerprint density at radius 1 is 1.00 bits per heavy atom. The molecule has 5 atom stereocenters. The average molecular weight is 268 g/mol.